The number of aryl methyl sites for hydroxylation is 1. The maximum absolute atomic E-state index is 6.02. The fraction of sp³-hybridized carbons (Fsp3) is 0.500. The molecular weight excluding hydrogens is 342 g/mol. The minimum atomic E-state index is -0.671. The second kappa shape index (κ2) is 8.18. The summed E-state index contributed by atoms with van der Waals surface area (Å²) in [4.78, 5) is 0. The van der Waals surface area contributed by atoms with Crippen molar-refractivity contribution in [1.82, 2.24) is 0 Å². The monoisotopic (exact) mass is 358 g/mol. The molecule has 0 N–H and O–H groups in total. The van der Waals surface area contributed by atoms with Crippen LogP contribution in [-0.4, -0.2) is 28.0 Å². The minimum Gasteiger partial charge on any atom is -0.110 e. The van der Waals surface area contributed by atoms with Crippen molar-refractivity contribution in [1.29, 1.82) is 0 Å². The van der Waals surface area contributed by atoms with E-state index in [-0.39, 0.29) is 8.92 Å². The zero-order chi connectivity index (χ0) is 13.7. The van der Waals surface area contributed by atoms with Gasteiger partial charge in [-0.2, -0.15) is 0 Å². The fourth-order valence-electron chi connectivity index (χ4n) is 2.33. The number of hydrogen-bond acceptors (Lipinski definition) is 0. The van der Waals surface area contributed by atoms with E-state index >= 15 is 0 Å². The van der Waals surface area contributed by atoms with Crippen LogP contribution >= 0.6 is 46.4 Å². The second-order valence-corrected chi connectivity index (χ2v) is 12.8. The van der Waals surface area contributed by atoms with E-state index in [9.17, 15) is 0 Å². The third kappa shape index (κ3) is 4.73. The third-order valence-electron chi connectivity index (χ3n) is 3.09. The van der Waals surface area contributed by atoms with Crippen LogP contribution in [0.4, 0.5) is 0 Å². The van der Waals surface area contributed by atoms with E-state index < -0.39 is 19.0 Å². The van der Waals surface area contributed by atoms with Gasteiger partial charge in [-0.25, -0.2) is 0 Å². The lowest BCUT2D eigenvalue weighted by Gasteiger charge is -2.18. The highest BCUT2D eigenvalue weighted by atomic mass is 35.5. The first-order valence-corrected chi connectivity index (χ1v) is 11.0. The Morgan fingerprint density at radius 1 is 0.944 bits per heavy atom. The molecule has 0 amide bonds. The molecule has 0 bridgehead atoms. The number of alkyl halides is 4. The van der Waals surface area contributed by atoms with Gasteiger partial charge in [0, 0.05) is 0 Å². The molecule has 1 aromatic rings. The van der Waals surface area contributed by atoms with Crippen molar-refractivity contribution in [3.63, 3.8) is 0 Å². The molecule has 0 aromatic heterocycles. The third-order valence-corrected chi connectivity index (χ3v) is 8.45. The van der Waals surface area contributed by atoms with Gasteiger partial charge in [0.1, 0.15) is 0 Å². The van der Waals surface area contributed by atoms with Gasteiger partial charge in [0.25, 0.3) is 0 Å². The van der Waals surface area contributed by atoms with Gasteiger partial charge in [0.15, 0.2) is 0 Å². The molecule has 0 fully saturated rings. The molecule has 0 saturated carbocycles. The van der Waals surface area contributed by atoms with Crippen LogP contribution in [0.5, 0.6) is 0 Å². The molecule has 6 heteroatoms. The van der Waals surface area contributed by atoms with Gasteiger partial charge < -0.3 is 0 Å². The van der Waals surface area contributed by atoms with Crippen molar-refractivity contribution in [2.24, 2.45) is 0 Å². The van der Waals surface area contributed by atoms with E-state index in [0.717, 1.165) is 12.8 Å². The molecule has 0 heterocycles. The first-order chi connectivity index (χ1) is 8.49. The highest BCUT2D eigenvalue weighted by Gasteiger charge is 2.16. The summed E-state index contributed by atoms with van der Waals surface area (Å²) >= 11 is 24.0. The quantitative estimate of drug-likeness (QED) is 0.537. The summed E-state index contributed by atoms with van der Waals surface area (Å²) in [6.07, 6.45) is 2.08. The van der Waals surface area contributed by atoms with Gasteiger partial charge in [-0.3, -0.25) is 0 Å². The van der Waals surface area contributed by atoms with Gasteiger partial charge in [-0.15, -0.1) is 46.4 Å². The minimum absolute atomic E-state index is 0.237. The number of rotatable bonds is 6. The summed E-state index contributed by atoms with van der Waals surface area (Å²) in [5.41, 5.74) is 2.85. The van der Waals surface area contributed by atoms with Crippen molar-refractivity contribution < 1.29 is 0 Å². The molecule has 0 atom stereocenters. The molecule has 0 saturated heterocycles. The Morgan fingerprint density at radius 2 is 1.56 bits per heavy atom. The molecule has 18 heavy (non-hydrogen) atoms. The van der Waals surface area contributed by atoms with Crippen LogP contribution in [0.25, 0.3) is 0 Å². The van der Waals surface area contributed by atoms with Crippen LogP contribution in [-0.2, 0) is 12.8 Å². The first kappa shape index (κ1) is 16.9. The van der Waals surface area contributed by atoms with Crippen molar-refractivity contribution in [2.45, 2.75) is 35.6 Å². The van der Waals surface area contributed by atoms with E-state index in [1.165, 1.54) is 21.5 Å². The summed E-state index contributed by atoms with van der Waals surface area (Å²) in [6, 6.07) is 4.41. The largest absolute Gasteiger partial charge is 0.110 e. The topological polar surface area (TPSA) is 0 Å². The summed E-state index contributed by atoms with van der Waals surface area (Å²) in [7, 11) is -1.33. The molecule has 0 unspecified atom stereocenters. The molecule has 0 spiro atoms. The van der Waals surface area contributed by atoms with Crippen molar-refractivity contribution in [3.05, 3.63) is 23.3 Å². The van der Waals surface area contributed by atoms with Crippen LogP contribution in [0.15, 0.2) is 12.1 Å². The SMILES string of the molecule is CCc1ccc([SiH2]C(Cl)Cl)c([SiH2]C(Cl)Cl)c1CC. The molecule has 102 valence electrons. The average molecular weight is 360 g/mol. The lowest BCUT2D eigenvalue weighted by molar-refractivity contribution is 1.05. The Morgan fingerprint density at radius 3 is 2.00 bits per heavy atom. The molecule has 0 aliphatic rings. The number of benzene rings is 1. The molecule has 1 aromatic carbocycles. The summed E-state index contributed by atoms with van der Waals surface area (Å²) in [5.74, 6) is 0. The standard InChI is InChI=1S/C12H18Cl4Si2/c1-3-7-5-6-9(17-11(13)14)10(8(7)4-2)18-12(15)16/h5-6,11-12H,3-4,17-18H2,1-2H3. The second-order valence-electron chi connectivity index (χ2n) is 4.24. The predicted octanol–water partition coefficient (Wildman–Crippen LogP) is 1.92. The maximum Gasteiger partial charge on any atom is 0.0957 e. The highest BCUT2D eigenvalue weighted by Crippen LogP contribution is 2.10. The predicted molar refractivity (Wildman–Crippen MR) is 92.5 cm³/mol. The molecule has 0 nitrogen and oxygen atoms in total. The molecule has 1 rings (SSSR count). The van der Waals surface area contributed by atoms with E-state index in [2.05, 4.69) is 26.0 Å². The Bertz CT molecular complexity index is 394. The molecule has 0 aliphatic carbocycles. The van der Waals surface area contributed by atoms with Gasteiger partial charge in [0.05, 0.1) is 28.0 Å². The van der Waals surface area contributed by atoms with Gasteiger partial charge >= 0.3 is 0 Å². The highest BCUT2D eigenvalue weighted by molar-refractivity contribution is 6.83. The van der Waals surface area contributed by atoms with E-state index in [1.807, 2.05) is 0 Å². The van der Waals surface area contributed by atoms with Crippen LogP contribution in [0.2, 0.25) is 0 Å². The number of halogens is 4. The van der Waals surface area contributed by atoms with E-state index in [4.69, 9.17) is 46.4 Å². The van der Waals surface area contributed by atoms with Crippen LogP contribution in [0, 0.1) is 0 Å². The Hall–Kier alpha value is 0.814. The van der Waals surface area contributed by atoms with E-state index in [0.29, 0.717) is 0 Å². The zero-order valence-electron chi connectivity index (χ0n) is 10.6. The first-order valence-electron chi connectivity index (χ1n) is 6.18. The average Bonchev–Trinajstić information content (AvgIpc) is 2.29. The summed E-state index contributed by atoms with van der Waals surface area (Å²) < 4.78 is -0.474. The normalized spacial score (nSPS) is 12.9. The van der Waals surface area contributed by atoms with Gasteiger partial charge in [-0.1, -0.05) is 36.4 Å². The lowest BCUT2D eigenvalue weighted by atomic mass is 10.0. The Balaban J connectivity index is 3.24. The zero-order valence-corrected chi connectivity index (χ0v) is 16.5. The van der Waals surface area contributed by atoms with Crippen LogP contribution < -0.4 is 10.4 Å². The van der Waals surface area contributed by atoms with Crippen molar-refractivity contribution in [2.75, 3.05) is 0 Å². The maximum atomic E-state index is 6.02. The Kier molecular flexibility index (Phi) is 7.66. The number of hydrogen-bond donors (Lipinski definition) is 0. The van der Waals surface area contributed by atoms with Crippen LogP contribution in [0.1, 0.15) is 25.0 Å². The van der Waals surface area contributed by atoms with Gasteiger partial charge in [0.2, 0.25) is 0 Å². The molecule has 0 aliphatic heterocycles. The van der Waals surface area contributed by atoms with Crippen molar-refractivity contribution >= 4 is 75.8 Å². The summed E-state index contributed by atoms with van der Waals surface area (Å²) in [6.45, 7) is 4.37. The smallest absolute Gasteiger partial charge is 0.0957 e. The lowest BCUT2D eigenvalue weighted by Crippen LogP contribution is -2.43. The van der Waals surface area contributed by atoms with Crippen molar-refractivity contribution in [3.8, 4) is 0 Å². The van der Waals surface area contributed by atoms with Gasteiger partial charge in [-0.05, 0) is 24.0 Å². The summed E-state index contributed by atoms with van der Waals surface area (Å²) in [5, 5.41) is 2.78. The molecule has 0 radical (unpaired) electrons. The fourth-order valence-corrected chi connectivity index (χ4v) is 7.58. The molecular formula is C12H18Cl4Si2. The Labute approximate surface area is 134 Å². The van der Waals surface area contributed by atoms with Crippen LogP contribution in [0.3, 0.4) is 0 Å². The van der Waals surface area contributed by atoms with E-state index in [1.54, 1.807) is 0 Å².